The summed E-state index contributed by atoms with van der Waals surface area (Å²) in [5, 5.41) is 0. The van der Waals surface area contributed by atoms with E-state index in [1.54, 1.807) is 0 Å². The predicted molar refractivity (Wildman–Crippen MR) is 89.4 cm³/mol. The molecule has 0 spiro atoms. The molecule has 100 valence electrons. The summed E-state index contributed by atoms with van der Waals surface area (Å²) in [6, 6.07) is 4.34. The molecule has 0 radical (unpaired) electrons. The zero-order valence-electron chi connectivity index (χ0n) is 12.7. The quantitative estimate of drug-likeness (QED) is 0.582. The van der Waals surface area contributed by atoms with Crippen LogP contribution >= 0.6 is 8.07 Å². The van der Waals surface area contributed by atoms with Gasteiger partial charge >= 0.3 is 0 Å². The highest BCUT2D eigenvalue weighted by atomic mass is 31.1. The van der Waals surface area contributed by atoms with Gasteiger partial charge in [0.2, 0.25) is 0 Å². The summed E-state index contributed by atoms with van der Waals surface area (Å²) in [5.74, 6) is 0. The molecule has 0 bridgehead atoms. The SMILES string of the molecule is Cn1cccc1C1=N[P@]1C([Si](C)(C)C)[Si](C)(C)C. The van der Waals surface area contributed by atoms with Crippen LogP contribution in [0.1, 0.15) is 5.69 Å². The van der Waals surface area contributed by atoms with E-state index in [4.69, 9.17) is 4.76 Å². The van der Waals surface area contributed by atoms with Crippen molar-refractivity contribution in [3.05, 3.63) is 24.0 Å². The number of hydrogen-bond donors (Lipinski definition) is 0. The minimum atomic E-state index is -1.13. The van der Waals surface area contributed by atoms with Crippen LogP contribution in [0.2, 0.25) is 39.3 Å². The number of hydrogen-bond acceptors (Lipinski definition) is 1. The average molecular weight is 297 g/mol. The highest BCUT2D eigenvalue weighted by Crippen LogP contribution is 2.63. The molecule has 18 heavy (non-hydrogen) atoms. The fourth-order valence-corrected chi connectivity index (χ4v) is 21.7. The molecule has 1 aliphatic heterocycles. The Kier molecular flexibility index (Phi) is 3.50. The van der Waals surface area contributed by atoms with Crippen molar-refractivity contribution in [2.24, 2.45) is 11.8 Å². The van der Waals surface area contributed by atoms with E-state index in [1.807, 2.05) is 0 Å². The minimum Gasteiger partial charge on any atom is -0.349 e. The van der Waals surface area contributed by atoms with Crippen LogP contribution in [0.3, 0.4) is 0 Å². The molecule has 1 aliphatic rings. The highest BCUT2D eigenvalue weighted by Gasteiger charge is 2.50. The second-order valence-electron chi connectivity index (χ2n) is 7.41. The third-order valence-electron chi connectivity index (χ3n) is 3.44. The molecular formula is C13H25N2PSi2. The lowest BCUT2D eigenvalue weighted by Crippen LogP contribution is -2.51. The second-order valence-corrected chi connectivity index (χ2v) is 21.4. The summed E-state index contributed by atoms with van der Waals surface area (Å²) in [7, 11) is -0.304. The van der Waals surface area contributed by atoms with Crippen molar-refractivity contribution in [1.29, 1.82) is 0 Å². The maximum absolute atomic E-state index is 4.92. The fraction of sp³-hybridized carbons (Fsp3) is 0.615. The van der Waals surface area contributed by atoms with Crippen molar-refractivity contribution in [1.82, 2.24) is 4.57 Å². The van der Waals surface area contributed by atoms with Crippen LogP contribution in [-0.4, -0.2) is 31.1 Å². The lowest BCUT2D eigenvalue weighted by molar-refractivity contribution is 0.919. The Morgan fingerprint density at radius 3 is 2.06 bits per heavy atom. The second kappa shape index (κ2) is 4.43. The van der Waals surface area contributed by atoms with Gasteiger partial charge in [-0.05, 0) is 17.0 Å². The van der Waals surface area contributed by atoms with E-state index in [2.05, 4.69) is 69.2 Å². The Morgan fingerprint density at radius 1 is 1.11 bits per heavy atom. The highest BCUT2D eigenvalue weighted by molar-refractivity contribution is 7.87. The van der Waals surface area contributed by atoms with E-state index in [0.29, 0.717) is 0 Å². The molecule has 0 saturated heterocycles. The van der Waals surface area contributed by atoms with Crippen LogP contribution in [0.4, 0.5) is 0 Å². The predicted octanol–water partition coefficient (Wildman–Crippen LogP) is 4.31. The zero-order valence-corrected chi connectivity index (χ0v) is 15.5. The summed E-state index contributed by atoms with van der Waals surface area (Å²) >= 11 is 0. The lowest BCUT2D eigenvalue weighted by atomic mass is 10.5. The largest absolute Gasteiger partial charge is 0.349 e. The summed E-state index contributed by atoms with van der Waals surface area (Å²) in [6.45, 7) is 15.1. The third kappa shape index (κ3) is 2.71. The van der Waals surface area contributed by atoms with Crippen molar-refractivity contribution in [2.45, 2.75) is 44.2 Å². The maximum atomic E-state index is 4.92. The Balaban J connectivity index is 2.22. The van der Waals surface area contributed by atoms with E-state index >= 15 is 0 Å². The molecule has 1 aromatic rings. The maximum Gasteiger partial charge on any atom is 0.108 e. The van der Waals surface area contributed by atoms with E-state index in [0.717, 1.165) is 4.91 Å². The summed E-state index contributed by atoms with van der Waals surface area (Å²) in [4.78, 5) is 0.921. The van der Waals surface area contributed by atoms with Gasteiger partial charge in [0, 0.05) is 13.2 Å². The summed E-state index contributed by atoms with van der Waals surface area (Å²) in [6.07, 6.45) is 2.13. The number of nitrogens with zero attached hydrogens (tertiary/aromatic N) is 2. The molecule has 1 aromatic heterocycles. The first-order valence-electron chi connectivity index (χ1n) is 6.62. The van der Waals surface area contributed by atoms with Crippen molar-refractivity contribution in [3.8, 4) is 0 Å². The van der Waals surface area contributed by atoms with Crippen LogP contribution in [0.15, 0.2) is 23.1 Å². The van der Waals surface area contributed by atoms with Gasteiger partial charge in [0.25, 0.3) is 0 Å². The molecule has 0 N–H and O–H groups in total. The van der Waals surface area contributed by atoms with Crippen LogP contribution in [-0.2, 0) is 7.05 Å². The zero-order chi connectivity index (χ0) is 13.7. The number of aryl methyl sites for hydroxylation is 1. The molecule has 0 unspecified atom stereocenters. The van der Waals surface area contributed by atoms with Crippen molar-refractivity contribution >= 4 is 29.7 Å². The van der Waals surface area contributed by atoms with Crippen LogP contribution in [0.25, 0.3) is 0 Å². The molecule has 0 amide bonds. The van der Waals surface area contributed by atoms with Gasteiger partial charge < -0.3 is 4.57 Å². The Labute approximate surface area is 114 Å². The van der Waals surface area contributed by atoms with Gasteiger partial charge in [-0.1, -0.05) is 39.3 Å². The van der Waals surface area contributed by atoms with E-state index < -0.39 is 16.1 Å². The van der Waals surface area contributed by atoms with Crippen LogP contribution in [0, 0.1) is 0 Å². The Bertz CT molecular complexity index is 466. The van der Waals surface area contributed by atoms with Gasteiger partial charge in [-0.2, -0.15) is 0 Å². The van der Waals surface area contributed by atoms with Gasteiger partial charge in [-0.15, -0.1) is 0 Å². The molecule has 2 heterocycles. The smallest absolute Gasteiger partial charge is 0.108 e. The molecule has 1 atom stereocenters. The first kappa shape index (κ1) is 14.2. The van der Waals surface area contributed by atoms with Gasteiger partial charge in [-0.25, -0.2) is 0 Å². The summed E-state index contributed by atoms with van der Waals surface area (Å²) in [5.41, 5.74) is 2.77. The summed E-state index contributed by atoms with van der Waals surface area (Å²) < 4.78 is 7.14. The van der Waals surface area contributed by atoms with Crippen LogP contribution in [0.5, 0.6) is 0 Å². The van der Waals surface area contributed by atoms with E-state index in [1.165, 1.54) is 11.1 Å². The van der Waals surface area contributed by atoms with Gasteiger partial charge in [-0.3, -0.25) is 4.76 Å². The molecule has 0 fully saturated rings. The fourth-order valence-electron chi connectivity index (χ4n) is 3.15. The van der Waals surface area contributed by atoms with Gasteiger partial charge in [0.05, 0.1) is 29.9 Å². The Hall–Kier alpha value is -0.186. The third-order valence-corrected chi connectivity index (χ3v) is 19.5. The van der Waals surface area contributed by atoms with Crippen LogP contribution < -0.4 is 0 Å². The van der Waals surface area contributed by atoms with Crippen molar-refractivity contribution in [2.75, 3.05) is 0 Å². The normalized spacial score (nSPS) is 20.2. The van der Waals surface area contributed by atoms with Gasteiger partial charge in [0.15, 0.2) is 0 Å². The molecule has 5 heteroatoms. The standard InChI is InChI=1S/C13H25N2PSi2/c1-15-10-8-9-11(15)12-14-16(12)13(17(2,3)4)18(5,6)7/h8-10,13H,1-7H3/t16-/m0/s1. The molecule has 2 rings (SSSR count). The first-order chi connectivity index (χ1) is 8.12. The van der Waals surface area contributed by atoms with Crippen molar-refractivity contribution < 1.29 is 0 Å². The van der Waals surface area contributed by atoms with Crippen molar-refractivity contribution in [3.63, 3.8) is 0 Å². The minimum absolute atomic E-state index is 0.176. The number of aromatic nitrogens is 1. The molecule has 0 aromatic carbocycles. The Morgan fingerprint density at radius 2 is 1.67 bits per heavy atom. The topological polar surface area (TPSA) is 17.3 Å². The lowest BCUT2D eigenvalue weighted by Gasteiger charge is -2.37. The molecule has 0 aliphatic carbocycles. The van der Waals surface area contributed by atoms with Gasteiger partial charge in [0.1, 0.15) is 5.45 Å². The van der Waals surface area contributed by atoms with E-state index in [9.17, 15) is 0 Å². The van der Waals surface area contributed by atoms with E-state index in [-0.39, 0.29) is 8.07 Å². The molecule has 2 nitrogen and oxygen atoms in total. The molecule has 0 saturated carbocycles. The first-order valence-corrected chi connectivity index (χ1v) is 15.1. The molecular weight excluding hydrogens is 271 g/mol. The average Bonchev–Trinajstić information content (AvgIpc) is 2.74. The monoisotopic (exact) mass is 296 g/mol. The number of rotatable bonds is 4.